The van der Waals surface area contributed by atoms with Gasteiger partial charge in [-0.15, -0.1) is 0 Å². The standard InChI is InChI=1S/C22H24N2O3/c1-14-9-10-19-18(13-27-22(19)15(14)2)11-21(26)23-20-8-6-5-7-17(20)12-24(4)16(3)25/h5-10,13H,11-12H2,1-4H3,(H,23,26). The van der Waals surface area contributed by atoms with Crippen molar-refractivity contribution in [1.29, 1.82) is 0 Å². The van der Waals surface area contributed by atoms with Crippen LogP contribution in [-0.2, 0) is 22.6 Å². The Balaban J connectivity index is 1.77. The van der Waals surface area contributed by atoms with Crippen molar-refractivity contribution in [2.24, 2.45) is 0 Å². The van der Waals surface area contributed by atoms with Gasteiger partial charge in [-0.2, -0.15) is 0 Å². The second-order valence-electron chi connectivity index (χ2n) is 6.90. The van der Waals surface area contributed by atoms with Crippen molar-refractivity contribution in [3.63, 3.8) is 0 Å². The summed E-state index contributed by atoms with van der Waals surface area (Å²) in [4.78, 5) is 25.7. The van der Waals surface area contributed by atoms with E-state index in [1.54, 1.807) is 18.2 Å². The summed E-state index contributed by atoms with van der Waals surface area (Å²) in [6, 6.07) is 11.6. The number of anilines is 1. The lowest BCUT2D eigenvalue weighted by Crippen LogP contribution is -2.24. The predicted octanol–water partition coefficient (Wildman–Crippen LogP) is 4.21. The molecule has 0 bridgehead atoms. The number of nitrogens with one attached hydrogen (secondary N) is 1. The van der Waals surface area contributed by atoms with Crippen molar-refractivity contribution in [1.82, 2.24) is 4.90 Å². The molecule has 5 nitrogen and oxygen atoms in total. The second kappa shape index (κ2) is 7.66. The van der Waals surface area contributed by atoms with Gasteiger partial charge in [-0.25, -0.2) is 0 Å². The molecule has 1 aromatic heterocycles. The molecule has 0 aliphatic rings. The van der Waals surface area contributed by atoms with Crippen LogP contribution in [0.1, 0.15) is 29.2 Å². The highest BCUT2D eigenvalue weighted by Crippen LogP contribution is 2.27. The van der Waals surface area contributed by atoms with Crippen LogP contribution in [0, 0.1) is 13.8 Å². The zero-order chi connectivity index (χ0) is 19.6. The number of hydrogen-bond acceptors (Lipinski definition) is 3. The lowest BCUT2D eigenvalue weighted by Gasteiger charge is -2.17. The SMILES string of the molecule is CC(=O)N(C)Cc1ccccc1NC(=O)Cc1coc2c(C)c(C)ccc12. The number of para-hydroxylation sites is 1. The zero-order valence-corrected chi connectivity index (χ0v) is 16.1. The topological polar surface area (TPSA) is 62.6 Å². The Morgan fingerprint density at radius 2 is 1.81 bits per heavy atom. The largest absolute Gasteiger partial charge is 0.464 e. The maximum absolute atomic E-state index is 12.6. The smallest absolute Gasteiger partial charge is 0.228 e. The number of aryl methyl sites for hydroxylation is 2. The first-order valence-electron chi connectivity index (χ1n) is 8.92. The first kappa shape index (κ1) is 18.7. The Labute approximate surface area is 159 Å². The molecular formula is C22H24N2O3. The molecule has 2 amide bonds. The highest BCUT2D eigenvalue weighted by Gasteiger charge is 2.14. The Morgan fingerprint density at radius 3 is 2.56 bits per heavy atom. The van der Waals surface area contributed by atoms with E-state index in [0.717, 1.165) is 38.9 Å². The zero-order valence-electron chi connectivity index (χ0n) is 16.1. The fourth-order valence-electron chi connectivity index (χ4n) is 3.04. The van der Waals surface area contributed by atoms with Gasteiger partial charge in [0.1, 0.15) is 5.58 Å². The quantitative estimate of drug-likeness (QED) is 0.738. The molecule has 0 aliphatic carbocycles. The Hall–Kier alpha value is -3.08. The summed E-state index contributed by atoms with van der Waals surface area (Å²) in [6.45, 7) is 6.03. The molecular weight excluding hydrogens is 340 g/mol. The summed E-state index contributed by atoms with van der Waals surface area (Å²) in [7, 11) is 1.74. The monoisotopic (exact) mass is 364 g/mol. The van der Waals surface area contributed by atoms with E-state index >= 15 is 0 Å². The molecule has 0 aliphatic heterocycles. The average Bonchev–Trinajstić information content (AvgIpc) is 3.03. The summed E-state index contributed by atoms with van der Waals surface area (Å²) < 4.78 is 5.69. The van der Waals surface area contributed by atoms with Crippen molar-refractivity contribution in [2.45, 2.75) is 33.7 Å². The minimum atomic E-state index is -0.117. The van der Waals surface area contributed by atoms with E-state index in [0.29, 0.717) is 6.54 Å². The Kier molecular flexibility index (Phi) is 5.31. The number of rotatable bonds is 5. The maximum atomic E-state index is 12.6. The van der Waals surface area contributed by atoms with Gasteiger partial charge < -0.3 is 14.6 Å². The third-order valence-corrected chi connectivity index (χ3v) is 4.93. The highest BCUT2D eigenvalue weighted by atomic mass is 16.3. The van der Waals surface area contributed by atoms with Crippen molar-refractivity contribution in [2.75, 3.05) is 12.4 Å². The van der Waals surface area contributed by atoms with Gasteiger partial charge >= 0.3 is 0 Å². The lowest BCUT2D eigenvalue weighted by molar-refractivity contribution is -0.128. The molecule has 1 N–H and O–H groups in total. The van der Waals surface area contributed by atoms with E-state index in [9.17, 15) is 9.59 Å². The van der Waals surface area contributed by atoms with Crippen LogP contribution in [0.2, 0.25) is 0 Å². The first-order valence-corrected chi connectivity index (χ1v) is 8.92. The highest BCUT2D eigenvalue weighted by molar-refractivity contribution is 5.96. The van der Waals surface area contributed by atoms with E-state index in [4.69, 9.17) is 4.42 Å². The molecule has 3 rings (SSSR count). The molecule has 3 aromatic rings. The third-order valence-electron chi connectivity index (χ3n) is 4.93. The van der Waals surface area contributed by atoms with E-state index in [1.807, 2.05) is 50.2 Å². The van der Waals surface area contributed by atoms with Crippen LogP contribution >= 0.6 is 0 Å². The number of fused-ring (bicyclic) bond motifs is 1. The molecule has 1 heterocycles. The first-order chi connectivity index (χ1) is 12.9. The van der Waals surface area contributed by atoms with Crippen molar-refractivity contribution >= 4 is 28.5 Å². The van der Waals surface area contributed by atoms with E-state index in [-0.39, 0.29) is 18.2 Å². The molecule has 0 saturated carbocycles. The van der Waals surface area contributed by atoms with Crippen molar-refractivity contribution in [3.05, 3.63) is 64.9 Å². The fraction of sp³-hybridized carbons (Fsp3) is 0.273. The number of carbonyl (C=O) groups excluding carboxylic acids is 2. The molecule has 140 valence electrons. The van der Waals surface area contributed by atoms with Crippen LogP contribution in [0.25, 0.3) is 11.0 Å². The second-order valence-corrected chi connectivity index (χ2v) is 6.90. The molecule has 5 heteroatoms. The maximum Gasteiger partial charge on any atom is 0.228 e. The minimum Gasteiger partial charge on any atom is -0.464 e. The van der Waals surface area contributed by atoms with Gasteiger partial charge in [-0.05, 0) is 36.6 Å². The molecule has 0 radical (unpaired) electrons. The van der Waals surface area contributed by atoms with E-state index < -0.39 is 0 Å². The molecule has 0 atom stereocenters. The lowest BCUT2D eigenvalue weighted by atomic mass is 10.0. The van der Waals surface area contributed by atoms with Crippen LogP contribution in [0.4, 0.5) is 5.69 Å². The molecule has 0 fully saturated rings. The fourth-order valence-corrected chi connectivity index (χ4v) is 3.04. The van der Waals surface area contributed by atoms with Gasteiger partial charge in [-0.1, -0.05) is 30.3 Å². The summed E-state index contributed by atoms with van der Waals surface area (Å²) in [5.74, 6) is -0.138. The van der Waals surface area contributed by atoms with Crippen molar-refractivity contribution in [3.8, 4) is 0 Å². The van der Waals surface area contributed by atoms with E-state index in [1.165, 1.54) is 6.92 Å². The van der Waals surface area contributed by atoms with Gasteiger partial charge in [0.25, 0.3) is 0 Å². The summed E-state index contributed by atoms with van der Waals surface area (Å²) >= 11 is 0. The van der Waals surface area contributed by atoms with Crippen LogP contribution in [0.5, 0.6) is 0 Å². The molecule has 27 heavy (non-hydrogen) atoms. The van der Waals surface area contributed by atoms with Crippen LogP contribution < -0.4 is 5.32 Å². The van der Waals surface area contributed by atoms with Gasteiger partial charge in [0.15, 0.2) is 0 Å². The summed E-state index contributed by atoms with van der Waals surface area (Å²) in [6.07, 6.45) is 1.89. The number of benzene rings is 2. The predicted molar refractivity (Wildman–Crippen MR) is 107 cm³/mol. The van der Waals surface area contributed by atoms with Gasteiger partial charge in [0, 0.05) is 37.2 Å². The average molecular weight is 364 g/mol. The van der Waals surface area contributed by atoms with E-state index in [2.05, 4.69) is 5.32 Å². The molecule has 0 unspecified atom stereocenters. The van der Waals surface area contributed by atoms with Crippen molar-refractivity contribution < 1.29 is 14.0 Å². The third kappa shape index (κ3) is 4.03. The number of carbonyl (C=O) groups is 2. The normalized spacial score (nSPS) is 10.8. The number of nitrogens with zero attached hydrogens (tertiary/aromatic N) is 1. The van der Waals surface area contributed by atoms with Gasteiger partial charge in [0.05, 0.1) is 12.7 Å². The Bertz CT molecular complexity index is 1000. The van der Waals surface area contributed by atoms with Gasteiger partial charge in [-0.3, -0.25) is 9.59 Å². The van der Waals surface area contributed by atoms with Crippen LogP contribution in [0.3, 0.4) is 0 Å². The molecule has 0 spiro atoms. The molecule has 0 saturated heterocycles. The number of furan rings is 1. The summed E-state index contributed by atoms with van der Waals surface area (Å²) in [5, 5.41) is 3.94. The summed E-state index contributed by atoms with van der Waals surface area (Å²) in [5.41, 5.74) is 5.57. The molecule has 2 aromatic carbocycles. The number of amides is 2. The van der Waals surface area contributed by atoms with Gasteiger partial charge in [0.2, 0.25) is 11.8 Å². The minimum absolute atomic E-state index is 0.0216. The van der Waals surface area contributed by atoms with Crippen LogP contribution in [0.15, 0.2) is 47.1 Å². The number of hydrogen-bond donors (Lipinski definition) is 1. The Morgan fingerprint density at radius 1 is 1.07 bits per heavy atom. The van der Waals surface area contributed by atoms with Crippen LogP contribution in [-0.4, -0.2) is 23.8 Å².